The molecule has 0 spiro atoms. The molecule has 2 N–H and O–H groups in total. The van der Waals surface area contributed by atoms with Crippen molar-refractivity contribution in [2.75, 3.05) is 18.6 Å². The van der Waals surface area contributed by atoms with Crippen molar-refractivity contribution >= 4 is 27.3 Å². The maximum atomic E-state index is 12.4. The Hall–Kier alpha value is -2.67. The van der Waals surface area contributed by atoms with Crippen LogP contribution >= 0.6 is 0 Å². The van der Waals surface area contributed by atoms with E-state index in [1.165, 1.54) is 12.1 Å². The summed E-state index contributed by atoms with van der Waals surface area (Å²) in [6.07, 6.45) is 1.31. The van der Waals surface area contributed by atoms with Crippen LogP contribution in [0.4, 0.5) is 5.69 Å². The second kappa shape index (κ2) is 7.27. The number of hydrogen-bond donors (Lipinski definition) is 2. The standard InChI is InChI=1S/C17H18N2O4S/c1-18-16(20)11-12-7-9-13(10-8-12)19-17(21)14-5-3-4-6-15(14)24(2,22)23/h3-10H,11H2,1-2H3,(H,18,20)(H,19,21). The molecule has 0 aliphatic heterocycles. The van der Waals surface area contributed by atoms with E-state index in [0.29, 0.717) is 5.69 Å². The number of sulfone groups is 1. The highest BCUT2D eigenvalue weighted by atomic mass is 32.2. The summed E-state index contributed by atoms with van der Waals surface area (Å²) in [4.78, 5) is 23.7. The monoisotopic (exact) mass is 346 g/mol. The fourth-order valence-electron chi connectivity index (χ4n) is 2.16. The van der Waals surface area contributed by atoms with Crippen LogP contribution in [0, 0.1) is 0 Å². The first-order chi connectivity index (χ1) is 11.3. The first kappa shape index (κ1) is 17.7. The van der Waals surface area contributed by atoms with Crippen molar-refractivity contribution in [2.24, 2.45) is 0 Å². The van der Waals surface area contributed by atoms with Gasteiger partial charge in [0, 0.05) is 19.0 Å². The van der Waals surface area contributed by atoms with Crippen LogP contribution in [0.5, 0.6) is 0 Å². The summed E-state index contributed by atoms with van der Waals surface area (Å²) in [5, 5.41) is 5.20. The van der Waals surface area contributed by atoms with Gasteiger partial charge in [0.05, 0.1) is 16.9 Å². The Bertz CT molecular complexity index is 858. The predicted octanol–water partition coefficient (Wildman–Crippen LogP) is 1.63. The lowest BCUT2D eigenvalue weighted by molar-refractivity contribution is -0.119. The summed E-state index contributed by atoms with van der Waals surface area (Å²) in [5.74, 6) is -0.607. The topological polar surface area (TPSA) is 92.3 Å². The van der Waals surface area contributed by atoms with E-state index in [9.17, 15) is 18.0 Å². The second-order valence-corrected chi connectivity index (χ2v) is 7.25. The van der Waals surface area contributed by atoms with Crippen LogP contribution in [-0.2, 0) is 21.1 Å². The highest BCUT2D eigenvalue weighted by Crippen LogP contribution is 2.18. The fraction of sp³-hybridized carbons (Fsp3) is 0.176. The molecule has 0 aliphatic carbocycles. The lowest BCUT2D eigenvalue weighted by atomic mass is 10.1. The summed E-state index contributed by atoms with van der Waals surface area (Å²) >= 11 is 0. The van der Waals surface area contributed by atoms with Gasteiger partial charge in [-0.1, -0.05) is 24.3 Å². The Morgan fingerprint density at radius 3 is 2.21 bits per heavy atom. The van der Waals surface area contributed by atoms with Crippen LogP contribution in [-0.4, -0.2) is 33.5 Å². The molecule has 2 aromatic rings. The molecule has 0 radical (unpaired) electrons. The van der Waals surface area contributed by atoms with Gasteiger partial charge < -0.3 is 10.6 Å². The lowest BCUT2D eigenvalue weighted by Crippen LogP contribution is -2.20. The van der Waals surface area contributed by atoms with Crippen LogP contribution in [0.3, 0.4) is 0 Å². The maximum Gasteiger partial charge on any atom is 0.256 e. The molecule has 0 heterocycles. The summed E-state index contributed by atoms with van der Waals surface area (Å²) in [6, 6.07) is 12.8. The average molecular weight is 346 g/mol. The van der Waals surface area contributed by atoms with Crippen LogP contribution < -0.4 is 10.6 Å². The Balaban J connectivity index is 2.18. The van der Waals surface area contributed by atoms with Gasteiger partial charge in [-0.25, -0.2) is 8.42 Å². The number of nitrogens with one attached hydrogen (secondary N) is 2. The molecule has 0 fully saturated rings. The van der Waals surface area contributed by atoms with E-state index in [2.05, 4.69) is 10.6 Å². The Kier molecular flexibility index (Phi) is 5.35. The highest BCUT2D eigenvalue weighted by Gasteiger charge is 2.18. The molecule has 2 amide bonds. The molecule has 0 aliphatic rings. The van der Waals surface area contributed by atoms with E-state index < -0.39 is 15.7 Å². The molecular weight excluding hydrogens is 328 g/mol. The van der Waals surface area contributed by atoms with Crippen molar-refractivity contribution in [3.63, 3.8) is 0 Å². The molecular formula is C17H18N2O4S. The fourth-order valence-corrected chi connectivity index (χ4v) is 3.04. The molecule has 2 rings (SSSR count). The van der Waals surface area contributed by atoms with Crippen molar-refractivity contribution in [1.82, 2.24) is 5.32 Å². The molecule has 0 saturated heterocycles. The van der Waals surface area contributed by atoms with Crippen LogP contribution in [0.15, 0.2) is 53.4 Å². The molecule has 7 heteroatoms. The average Bonchev–Trinajstić information content (AvgIpc) is 2.55. The van der Waals surface area contributed by atoms with Crippen molar-refractivity contribution in [3.8, 4) is 0 Å². The van der Waals surface area contributed by atoms with Crippen molar-refractivity contribution in [3.05, 3.63) is 59.7 Å². The smallest absolute Gasteiger partial charge is 0.256 e. The number of rotatable bonds is 5. The summed E-state index contributed by atoms with van der Waals surface area (Å²) < 4.78 is 23.5. The third-order valence-corrected chi connectivity index (χ3v) is 4.54. The minimum Gasteiger partial charge on any atom is -0.359 e. The molecule has 0 bridgehead atoms. The number of likely N-dealkylation sites (N-methyl/N-ethyl adjacent to an activating group) is 1. The van der Waals surface area contributed by atoms with Gasteiger partial charge in [-0.3, -0.25) is 9.59 Å². The first-order valence-electron chi connectivity index (χ1n) is 7.21. The molecule has 24 heavy (non-hydrogen) atoms. The molecule has 0 aromatic heterocycles. The second-order valence-electron chi connectivity index (χ2n) is 5.27. The quantitative estimate of drug-likeness (QED) is 0.861. The van der Waals surface area contributed by atoms with Crippen LogP contribution in [0.2, 0.25) is 0 Å². The zero-order valence-electron chi connectivity index (χ0n) is 13.4. The summed E-state index contributed by atoms with van der Waals surface area (Å²) in [5.41, 5.74) is 1.42. The van der Waals surface area contributed by atoms with Gasteiger partial charge >= 0.3 is 0 Å². The summed E-state index contributed by atoms with van der Waals surface area (Å²) in [6.45, 7) is 0. The summed E-state index contributed by atoms with van der Waals surface area (Å²) in [7, 11) is -1.93. The first-order valence-corrected chi connectivity index (χ1v) is 9.10. The predicted molar refractivity (Wildman–Crippen MR) is 91.7 cm³/mol. The third-order valence-electron chi connectivity index (χ3n) is 3.39. The molecule has 0 saturated carbocycles. The number of carbonyl (C=O) groups excluding carboxylic acids is 2. The van der Waals surface area contributed by atoms with Crippen molar-refractivity contribution < 1.29 is 18.0 Å². The van der Waals surface area contributed by atoms with Gasteiger partial charge in [-0.15, -0.1) is 0 Å². The molecule has 6 nitrogen and oxygen atoms in total. The zero-order valence-corrected chi connectivity index (χ0v) is 14.2. The van der Waals surface area contributed by atoms with Gasteiger partial charge in [-0.2, -0.15) is 0 Å². The van der Waals surface area contributed by atoms with Crippen LogP contribution in [0.1, 0.15) is 15.9 Å². The zero-order chi connectivity index (χ0) is 17.7. The minimum absolute atomic E-state index is 0.0151. The number of hydrogen-bond acceptors (Lipinski definition) is 4. The van der Waals surface area contributed by atoms with Gasteiger partial charge in [0.25, 0.3) is 5.91 Å². The lowest BCUT2D eigenvalue weighted by Gasteiger charge is -2.09. The van der Waals surface area contributed by atoms with Crippen molar-refractivity contribution in [2.45, 2.75) is 11.3 Å². The minimum atomic E-state index is -3.50. The number of amides is 2. The van der Waals surface area contributed by atoms with E-state index in [1.54, 1.807) is 43.4 Å². The Morgan fingerprint density at radius 2 is 1.62 bits per heavy atom. The molecule has 0 atom stereocenters. The number of benzene rings is 2. The van der Waals surface area contributed by atoms with Crippen LogP contribution in [0.25, 0.3) is 0 Å². The highest BCUT2D eigenvalue weighted by molar-refractivity contribution is 7.90. The Morgan fingerprint density at radius 1 is 1.00 bits per heavy atom. The Labute approximate surface area is 140 Å². The van der Waals surface area contributed by atoms with E-state index in [0.717, 1.165) is 11.8 Å². The molecule has 126 valence electrons. The number of anilines is 1. The van der Waals surface area contributed by atoms with Gasteiger partial charge in [0.2, 0.25) is 5.91 Å². The van der Waals surface area contributed by atoms with Crippen molar-refractivity contribution in [1.29, 1.82) is 0 Å². The maximum absolute atomic E-state index is 12.4. The van der Waals surface area contributed by atoms with E-state index in [1.807, 2.05) is 0 Å². The van der Waals surface area contributed by atoms with Gasteiger partial charge in [-0.05, 0) is 29.8 Å². The van der Waals surface area contributed by atoms with E-state index >= 15 is 0 Å². The third kappa shape index (κ3) is 4.42. The molecule has 0 unspecified atom stereocenters. The largest absolute Gasteiger partial charge is 0.359 e. The van der Waals surface area contributed by atoms with Gasteiger partial charge in [0.15, 0.2) is 9.84 Å². The van der Waals surface area contributed by atoms with Gasteiger partial charge in [0.1, 0.15) is 0 Å². The molecule has 2 aromatic carbocycles. The SMILES string of the molecule is CNC(=O)Cc1ccc(NC(=O)c2ccccc2S(C)(=O)=O)cc1. The number of carbonyl (C=O) groups is 2. The normalized spacial score (nSPS) is 10.9. The van der Waals surface area contributed by atoms with E-state index in [4.69, 9.17) is 0 Å². The van der Waals surface area contributed by atoms with E-state index in [-0.39, 0.29) is 22.8 Å².